The van der Waals surface area contributed by atoms with Gasteiger partial charge in [-0.15, -0.1) is 0 Å². The van der Waals surface area contributed by atoms with E-state index >= 15 is 0 Å². The molecule has 0 aliphatic heterocycles. The maximum absolute atomic E-state index is 13.0. The van der Waals surface area contributed by atoms with E-state index in [-0.39, 0.29) is 12.5 Å². The van der Waals surface area contributed by atoms with Crippen LogP contribution in [0.4, 0.5) is 0 Å². The Morgan fingerprint density at radius 1 is 1.16 bits per heavy atom. The number of nitrogens with zero attached hydrogens (tertiary/aromatic N) is 1. The van der Waals surface area contributed by atoms with Crippen molar-refractivity contribution in [3.05, 3.63) is 23.8 Å². The fraction of sp³-hybridized carbons (Fsp3) is 0.579. The number of methoxy groups -OCH3 is 2. The summed E-state index contributed by atoms with van der Waals surface area (Å²) in [6.07, 6.45) is 7.07. The Kier molecular flexibility index (Phi) is 7.10. The molecule has 0 aromatic heterocycles. The van der Waals surface area contributed by atoms with Crippen LogP contribution in [0.1, 0.15) is 48.9 Å². The van der Waals surface area contributed by atoms with Crippen LogP contribution in [0.15, 0.2) is 18.2 Å². The van der Waals surface area contributed by atoms with Crippen LogP contribution in [-0.2, 0) is 4.79 Å². The maximum atomic E-state index is 13.0. The van der Waals surface area contributed by atoms with E-state index in [4.69, 9.17) is 15.2 Å². The topological polar surface area (TPSA) is 81.9 Å². The van der Waals surface area contributed by atoms with Crippen LogP contribution in [0, 0.1) is 5.92 Å². The Balaban J connectivity index is 2.16. The van der Waals surface area contributed by atoms with E-state index in [1.165, 1.54) is 51.2 Å². The first-order valence-electron chi connectivity index (χ1n) is 8.85. The molecule has 0 heterocycles. The van der Waals surface area contributed by atoms with Crippen LogP contribution in [0.5, 0.6) is 11.5 Å². The molecule has 1 aromatic carbocycles. The Labute approximate surface area is 149 Å². The highest BCUT2D eigenvalue weighted by Crippen LogP contribution is 2.32. The minimum atomic E-state index is -0.515. The van der Waals surface area contributed by atoms with Gasteiger partial charge in [-0.3, -0.25) is 9.59 Å². The Bertz CT molecular complexity index is 597. The smallest absolute Gasteiger partial charge is 0.258 e. The lowest BCUT2D eigenvalue weighted by Gasteiger charge is -2.27. The number of carbonyl (C=O) groups excluding carboxylic acids is 2. The van der Waals surface area contributed by atoms with Crippen molar-refractivity contribution in [2.24, 2.45) is 11.7 Å². The second-order valence-electron chi connectivity index (χ2n) is 6.53. The zero-order valence-electron chi connectivity index (χ0n) is 15.1. The fourth-order valence-electron chi connectivity index (χ4n) is 3.48. The van der Waals surface area contributed by atoms with Gasteiger partial charge in [0.2, 0.25) is 5.91 Å². The fourth-order valence-corrected chi connectivity index (χ4v) is 3.48. The molecule has 2 rings (SSSR count). The predicted molar refractivity (Wildman–Crippen MR) is 95.8 cm³/mol. The molecule has 2 amide bonds. The van der Waals surface area contributed by atoms with Crippen molar-refractivity contribution >= 4 is 11.8 Å². The van der Waals surface area contributed by atoms with Crippen LogP contribution in [-0.4, -0.2) is 44.0 Å². The molecule has 6 nitrogen and oxygen atoms in total. The van der Waals surface area contributed by atoms with Crippen molar-refractivity contribution in [1.82, 2.24) is 4.90 Å². The average Bonchev–Trinajstić information content (AvgIpc) is 2.64. The second-order valence-corrected chi connectivity index (χ2v) is 6.53. The lowest BCUT2D eigenvalue weighted by Crippen LogP contribution is -2.39. The van der Waals surface area contributed by atoms with E-state index in [0.717, 1.165) is 6.42 Å². The third-order valence-electron chi connectivity index (χ3n) is 4.80. The van der Waals surface area contributed by atoms with Crippen LogP contribution >= 0.6 is 0 Å². The average molecular weight is 348 g/mol. The lowest BCUT2D eigenvalue weighted by atomic mass is 9.87. The summed E-state index contributed by atoms with van der Waals surface area (Å²) < 4.78 is 10.6. The van der Waals surface area contributed by atoms with Gasteiger partial charge in [-0.2, -0.15) is 0 Å². The van der Waals surface area contributed by atoms with E-state index in [1.54, 1.807) is 18.2 Å². The lowest BCUT2D eigenvalue weighted by molar-refractivity contribution is -0.118. The van der Waals surface area contributed by atoms with Crippen molar-refractivity contribution in [2.45, 2.75) is 38.5 Å². The molecule has 1 aromatic rings. The standard InChI is InChI=1S/C19H28N2O4/c1-24-16-10-6-9-15(18(16)25-2)19(23)21(13-17(20)22)12-11-14-7-4-3-5-8-14/h6,9-10,14H,3-5,7-8,11-13H2,1-2H3,(H2,20,22). The molecule has 0 spiro atoms. The highest BCUT2D eigenvalue weighted by atomic mass is 16.5. The van der Waals surface area contributed by atoms with Gasteiger partial charge in [-0.1, -0.05) is 38.2 Å². The van der Waals surface area contributed by atoms with Crippen LogP contribution in [0.2, 0.25) is 0 Å². The summed E-state index contributed by atoms with van der Waals surface area (Å²) in [5.74, 6) is 0.704. The molecule has 1 aliphatic rings. The van der Waals surface area contributed by atoms with Gasteiger partial charge >= 0.3 is 0 Å². The molecule has 0 unspecified atom stereocenters. The Morgan fingerprint density at radius 3 is 2.48 bits per heavy atom. The molecule has 2 N–H and O–H groups in total. The summed E-state index contributed by atoms with van der Waals surface area (Å²) >= 11 is 0. The number of hydrogen-bond acceptors (Lipinski definition) is 4. The monoisotopic (exact) mass is 348 g/mol. The number of nitrogens with two attached hydrogens (primary N) is 1. The number of para-hydroxylation sites is 1. The van der Waals surface area contributed by atoms with Crippen LogP contribution in [0.25, 0.3) is 0 Å². The highest BCUT2D eigenvalue weighted by Gasteiger charge is 2.24. The molecular formula is C19H28N2O4. The SMILES string of the molecule is COc1cccc(C(=O)N(CCC2CCCCC2)CC(N)=O)c1OC. The molecule has 0 radical (unpaired) electrons. The van der Waals surface area contributed by atoms with Crippen molar-refractivity contribution in [2.75, 3.05) is 27.3 Å². The molecule has 6 heteroatoms. The molecule has 138 valence electrons. The van der Waals surface area contributed by atoms with Gasteiger partial charge < -0.3 is 20.1 Å². The quantitative estimate of drug-likeness (QED) is 0.783. The van der Waals surface area contributed by atoms with Crippen molar-refractivity contribution < 1.29 is 19.1 Å². The second kappa shape index (κ2) is 9.30. The molecule has 0 atom stereocenters. The Morgan fingerprint density at radius 2 is 1.88 bits per heavy atom. The first-order chi connectivity index (χ1) is 12.1. The van der Waals surface area contributed by atoms with Gasteiger partial charge in [0.15, 0.2) is 11.5 Å². The summed E-state index contributed by atoms with van der Waals surface area (Å²) in [7, 11) is 3.02. The van der Waals surface area contributed by atoms with E-state index in [1.807, 2.05) is 0 Å². The normalized spacial score (nSPS) is 14.8. The molecule has 1 fully saturated rings. The van der Waals surface area contributed by atoms with Gasteiger partial charge in [0.25, 0.3) is 5.91 Å². The third-order valence-corrected chi connectivity index (χ3v) is 4.80. The summed E-state index contributed by atoms with van der Waals surface area (Å²) in [5.41, 5.74) is 5.74. The third kappa shape index (κ3) is 5.11. The number of carbonyl (C=O) groups is 2. The van der Waals surface area contributed by atoms with Gasteiger partial charge in [-0.05, 0) is 24.5 Å². The van der Waals surface area contributed by atoms with Crippen LogP contribution in [0.3, 0.4) is 0 Å². The predicted octanol–water partition coefficient (Wildman–Crippen LogP) is 2.60. The number of benzene rings is 1. The summed E-state index contributed by atoms with van der Waals surface area (Å²) in [6, 6.07) is 5.15. The molecular weight excluding hydrogens is 320 g/mol. The largest absolute Gasteiger partial charge is 0.493 e. The highest BCUT2D eigenvalue weighted by molar-refractivity contribution is 5.99. The number of amides is 2. The number of ether oxygens (including phenoxy) is 2. The minimum Gasteiger partial charge on any atom is -0.493 e. The summed E-state index contributed by atoms with van der Waals surface area (Å²) in [5, 5.41) is 0. The zero-order chi connectivity index (χ0) is 18.2. The molecule has 1 aliphatic carbocycles. The minimum absolute atomic E-state index is 0.0914. The van der Waals surface area contributed by atoms with Gasteiger partial charge in [0.1, 0.15) is 0 Å². The molecule has 0 bridgehead atoms. The van der Waals surface area contributed by atoms with Gasteiger partial charge in [0.05, 0.1) is 26.3 Å². The molecule has 0 saturated heterocycles. The summed E-state index contributed by atoms with van der Waals surface area (Å²) in [6.45, 7) is 0.429. The van der Waals surface area contributed by atoms with Crippen molar-refractivity contribution in [1.29, 1.82) is 0 Å². The summed E-state index contributed by atoms with van der Waals surface area (Å²) in [4.78, 5) is 26.0. The van der Waals surface area contributed by atoms with E-state index in [2.05, 4.69) is 0 Å². The first-order valence-corrected chi connectivity index (χ1v) is 8.85. The number of rotatable bonds is 8. The van der Waals surface area contributed by atoms with E-state index < -0.39 is 5.91 Å². The number of primary amides is 1. The zero-order valence-corrected chi connectivity index (χ0v) is 15.1. The Hall–Kier alpha value is -2.24. The van der Waals surface area contributed by atoms with Crippen LogP contribution < -0.4 is 15.2 Å². The maximum Gasteiger partial charge on any atom is 0.258 e. The number of hydrogen-bond donors (Lipinski definition) is 1. The van der Waals surface area contributed by atoms with Gasteiger partial charge in [-0.25, -0.2) is 0 Å². The van der Waals surface area contributed by atoms with E-state index in [0.29, 0.717) is 29.5 Å². The molecule has 1 saturated carbocycles. The van der Waals surface area contributed by atoms with Gasteiger partial charge in [0, 0.05) is 6.54 Å². The van der Waals surface area contributed by atoms with Crippen molar-refractivity contribution in [3.8, 4) is 11.5 Å². The van der Waals surface area contributed by atoms with Crippen molar-refractivity contribution in [3.63, 3.8) is 0 Å². The molecule has 25 heavy (non-hydrogen) atoms. The first kappa shape index (κ1) is 19.1. The van der Waals surface area contributed by atoms with E-state index in [9.17, 15) is 9.59 Å².